The van der Waals surface area contributed by atoms with Crippen LogP contribution in [0.25, 0.3) is 0 Å². The number of rotatable bonds is 6. The van der Waals surface area contributed by atoms with Crippen molar-refractivity contribution in [2.75, 3.05) is 51.8 Å². The van der Waals surface area contributed by atoms with Crippen molar-refractivity contribution >= 4 is 33.2 Å². The van der Waals surface area contributed by atoms with Crippen LogP contribution in [-0.2, 0) is 14.8 Å². The van der Waals surface area contributed by atoms with Crippen LogP contribution in [0.4, 0.5) is 5.69 Å². The molecule has 7 nitrogen and oxygen atoms in total. The van der Waals surface area contributed by atoms with Crippen LogP contribution in [0.5, 0.6) is 5.75 Å². The smallest absolute Gasteiger partial charge is 0.260 e. The van der Waals surface area contributed by atoms with Crippen molar-refractivity contribution in [2.45, 2.75) is 4.90 Å². The maximum absolute atomic E-state index is 12.5. The van der Waals surface area contributed by atoms with Crippen LogP contribution in [0.15, 0.2) is 53.4 Å². The third-order valence-electron chi connectivity index (χ3n) is 4.79. The van der Waals surface area contributed by atoms with Gasteiger partial charge in [0.2, 0.25) is 10.0 Å². The van der Waals surface area contributed by atoms with E-state index in [4.69, 9.17) is 16.3 Å². The van der Waals surface area contributed by atoms with Crippen LogP contribution in [0.3, 0.4) is 0 Å². The molecule has 1 amide bonds. The van der Waals surface area contributed by atoms with E-state index in [9.17, 15) is 13.2 Å². The molecule has 0 unspecified atom stereocenters. The molecule has 1 saturated heterocycles. The predicted octanol–water partition coefficient (Wildman–Crippen LogP) is 2.32. The van der Waals surface area contributed by atoms with E-state index in [0.29, 0.717) is 13.1 Å². The molecule has 9 heteroatoms. The first-order valence-electron chi connectivity index (χ1n) is 9.21. The summed E-state index contributed by atoms with van der Waals surface area (Å²) < 4.78 is 31.0. The Morgan fingerprint density at radius 1 is 1.07 bits per heavy atom. The van der Waals surface area contributed by atoms with Gasteiger partial charge in [-0.15, -0.1) is 0 Å². The molecule has 1 aliphatic heterocycles. The molecule has 1 aliphatic rings. The number of amides is 1. The Morgan fingerprint density at radius 3 is 2.31 bits per heavy atom. The second kappa shape index (κ2) is 9.02. The molecular weight excluding hydrogens is 414 g/mol. The molecule has 156 valence electrons. The number of ether oxygens (including phenoxy) is 1. The number of anilines is 1. The summed E-state index contributed by atoms with van der Waals surface area (Å²) in [5.74, 6) is 0.152. The molecule has 29 heavy (non-hydrogen) atoms. The molecule has 0 aliphatic carbocycles. The lowest BCUT2D eigenvalue weighted by atomic mass is 10.2. The van der Waals surface area contributed by atoms with Gasteiger partial charge in [-0.25, -0.2) is 12.7 Å². The number of sulfonamides is 1. The van der Waals surface area contributed by atoms with Gasteiger partial charge in [0.15, 0.2) is 6.61 Å². The quantitative estimate of drug-likeness (QED) is 0.693. The number of piperazine rings is 1. The Morgan fingerprint density at radius 2 is 1.72 bits per heavy atom. The molecule has 0 radical (unpaired) electrons. The lowest BCUT2D eigenvalue weighted by Crippen LogP contribution is -2.50. The van der Waals surface area contributed by atoms with Crippen molar-refractivity contribution in [3.63, 3.8) is 0 Å². The minimum absolute atomic E-state index is 0.0724. The highest BCUT2D eigenvalue weighted by Crippen LogP contribution is 2.28. The summed E-state index contributed by atoms with van der Waals surface area (Å²) in [4.78, 5) is 16.6. The van der Waals surface area contributed by atoms with Gasteiger partial charge < -0.3 is 14.5 Å². The molecule has 2 aromatic carbocycles. The molecule has 1 fully saturated rings. The summed E-state index contributed by atoms with van der Waals surface area (Å²) in [6, 6.07) is 14.3. The van der Waals surface area contributed by atoms with Crippen LogP contribution in [0, 0.1) is 0 Å². The first kappa shape index (κ1) is 21.4. The maximum Gasteiger partial charge on any atom is 0.260 e. The number of hydrogen-bond acceptors (Lipinski definition) is 5. The topological polar surface area (TPSA) is 70.2 Å². The fourth-order valence-electron chi connectivity index (χ4n) is 3.05. The molecule has 0 saturated carbocycles. The van der Waals surface area contributed by atoms with E-state index in [1.54, 1.807) is 4.90 Å². The zero-order chi connectivity index (χ0) is 21.0. The first-order valence-corrected chi connectivity index (χ1v) is 11.0. The Labute approximate surface area is 176 Å². The lowest BCUT2D eigenvalue weighted by Gasteiger charge is -2.36. The molecule has 0 spiro atoms. The first-order chi connectivity index (χ1) is 13.8. The van der Waals surface area contributed by atoms with Gasteiger partial charge in [0.25, 0.3) is 5.91 Å². The van der Waals surface area contributed by atoms with Crippen LogP contribution in [-0.4, -0.2) is 70.4 Å². The fourth-order valence-corrected chi connectivity index (χ4v) is 4.28. The van der Waals surface area contributed by atoms with Crippen LogP contribution < -0.4 is 9.64 Å². The molecule has 2 aromatic rings. The Kier molecular flexibility index (Phi) is 6.66. The highest BCUT2D eigenvalue weighted by molar-refractivity contribution is 7.89. The second-order valence-electron chi connectivity index (χ2n) is 6.87. The van der Waals surface area contributed by atoms with E-state index >= 15 is 0 Å². The summed E-state index contributed by atoms with van der Waals surface area (Å²) in [5.41, 5.74) is 1.15. The van der Waals surface area contributed by atoms with Crippen molar-refractivity contribution in [3.8, 4) is 5.75 Å². The fraction of sp³-hybridized carbons (Fsp3) is 0.350. The van der Waals surface area contributed by atoms with E-state index in [-0.39, 0.29) is 28.2 Å². The maximum atomic E-state index is 12.5. The van der Waals surface area contributed by atoms with E-state index in [0.717, 1.165) is 23.1 Å². The Hall–Kier alpha value is -2.29. The van der Waals surface area contributed by atoms with Crippen LogP contribution in [0.2, 0.25) is 5.02 Å². The summed E-state index contributed by atoms with van der Waals surface area (Å²) in [6.45, 7) is 2.60. The number of para-hydroxylation sites is 1. The van der Waals surface area contributed by atoms with Gasteiger partial charge in [-0.05, 0) is 30.3 Å². The number of hydrogen-bond donors (Lipinski definition) is 0. The van der Waals surface area contributed by atoms with E-state index in [1.165, 1.54) is 32.3 Å². The average Bonchev–Trinajstić information content (AvgIpc) is 2.73. The largest absolute Gasteiger partial charge is 0.482 e. The predicted molar refractivity (Wildman–Crippen MR) is 113 cm³/mol. The second-order valence-corrected chi connectivity index (χ2v) is 9.43. The van der Waals surface area contributed by atoms with Crippen LogP contribution >= 0.6 is 11.6 Å². The average molecular weight is 438 g/mol. The lowest BCUT2D eigenvalue weighted by molar-refractivity contribution is -0.133. The van der Waals surface area contributed by atoms with Gasteiger partial charge in [0, 0.05) is 46.0 Å². The molecule has 0 atom stereocenters. The van der Waals surface area contributed by atoms with Crippen LogP contribution in [0.1, 0.15) is 0 Å². The van der Waals surface area contributed by atoms with Crippen molar-refractivity contribution in [1.29, 1.82) is 0 Å². The number of carbonyl (C=O) groups is 1. The zero-order valence-corrected chi connectivity index (χ0v) is 18.0. The summed E-state index contributed by atoms with van der Waals surface area (Å²) in [6.07, 6.45) is 0. The van der Waals surface area contributed by atoms with Gasteiger partial charge in [-0.3, -0.25) is 4.79 Å². The Bertz CT molecular complexity index is 959. The van der Waals surface area contributed by atoms with Gasteiger partial charge in [-0.1, -0.05) is 29.8 Å². The highest BCUT2D eigenvalue weighted by atomic mass is 35.5. The molecule has 3 rings (SSSR count). The summed E-state index contributed by atoms with van der Waals surface area (Å²) >= 11 is 6.16. The van der Waals surface area contributed by atoms with Crippen molar-refractivity contribution in [3.05, 3.63) is 53.6 Å². The van der Waals surface area contributed by atoms with Gasteiger partial charge in [0.1, 0.15) is 5.75 Å². The van der Waals surface area contributed by atoms with Gasteiger partial charge >= 0.3 is 0 Å². The third-order valence-corrected chi connectivity index (χ3v) is 6.89. The Balaban J connectivity index is 1.55. The SMILES string of the molecule is CN(C)S(=O)(=O)c1ccc(OCC(=O)N2CCN(c3ccccc3)CC2)c(Cl)c1. The number of carbonyl (C=O) groups excluding carboxylic acids is 1. The van der Waals surface area contributed by atoms with Gasteiger partial charge in [-0.2, -0.15) is 0 Å². The van der Waals surface area contributed by atoms with Crippen molar-refractivity contribution in [2.24, 2.45) is 0 Å². The minimum atomic E-state index is -3.58. The molecular formula is C20H24ClN3O4S. The number of halogens is 1. The molecule has 0 aromatic heterocycles. The number of benzene rings is 2. The zero-order valence-electron chi connectivity index (χ0n) is 16.4. The van der Waals surface area contributed by atoms with E-state index < -0.39 is 10.0 Å². The third kappa shape index (κ3) is 5.01. The minimum Gasteiger partial charge on any atom is -0.482 e. The summed E-state index contributed by atoms with van der Waals surface area (Å²) in [7, 11) is -0.683. The normalized spacial score (nSPS) is 14.9. The summed E-state index contributed by atoms with van der Waals surface area (Å²) in [5, 5.41) is 0.148. The standard InChI is InChI=1S/C20H24ClN3O4S/c1-22(2)29(26,27)17-8-9-19(18(21)14-17)28-15-20(25)24-12-10-23(11-13-24)16-6-4-3-5-7-16/h3-9,14H,10-13,15H2,1-2H3. The monoisotopic (exact) mass is 437 g/mol. The van der Waals surface area contributed by atoms with Crippen molar-refractivity contribution in [1.82, 2.24) is 9.21 Å². The number of nitrogens with zero attached hydrogens (tertiary/aromatic N) is 3. The highest BCUT2D eigenvalue weighted by Gasteiger charge is 2.22. The van der Waals surface area contributed by atoms with E-state index in [1.807, 2.05) is 18.2 Å². The van der Waals surface area contributed by atoms with E-state index in [2.05, 4.69) is 17.0 Å². The molecule has 1 heterocycles. The molecule has 0 N–H and O–H groups in total. The molecule has 0 bridgehead atoms. The van der Waals surface area contributed by atoms with Crippen molar-refractivity contribution < 1.29 is 17.9 Å². The van der Waals surface area contributed by atoms with Gasteiger partial charge in [0.05, 0.1) is 9.92 Å².